The molecule has 0 aliphatic heterocycles. The van der Waals surface area contributed by atoms with Gasteiger partial charge in [-0.05, 0) is 44.9 Å². The maximum absolute atomic E-state index is 13.0. The predicted octanol–water partition coefficient (Wildman–Crippen LogP) is 4.42. The van der Waals surface area contributed by atoms with Crippen LogP contribution < -0.4 is 0 Å². The molecule has 0 aliphatic rings. The van der Waals surface area contributed by atoms with Gasteiger partial charge in [-0.15, -0.1) is 0 Å². The van der Waals surface area contributed by atoms with Gasteiger partial charge in [-0.1, -0.05) is 36.4 Å². The Hall–Kier alpha value is -3.13. The molecule has 2 rings (SSSR count). The lowest BCUT2D eigenvalue weighted by Gasteiger charge is -2.21. The summed E-state index contributed by atoms with van der Waals surface area (Å²) in [5.41, 5.74) is 2.01. The van der Waals surface area contributed by atoms with Crippen LogP contribution in [0, 0.1) is 11.3 Å². The highest BCUT2D eigenvalue weighted by atomic mass is 16.6. The highest BCUT2D eigenvalue weighted by Crippen LogP contribution is 2.27. The van der Waals surface area contributed by atoms with Crippen molar-refractivity contribution < 1.29 is 14.3 Å². The lowest BCUT2D eigenvalue weighted by atomic mass is 9.95. The quantitative estimate of drug-likeness (QED) is 0.698. The average Bonchev–Trinajstić information content (AvgIpc) is 2.65. The van der Waals surface area contributed by atoms with E-state index in [2.05, 4.69) is 6.07 Å². The first-order chi connectivity index (χ1) is 13.2. The van der Waals surface area contributed by atoms with E-state index >= 15 is 0 Å². The van der Waals surface area contributed by atoms with E-state index in [0.29, 0.717) is 24.1 Å². The van der Waals surface area contributed by atoms with Gasteiger partial charge in [-0.2, -0.15) is 5.26 Å². The molecule has 1 amide bonds. The monoisotopic (exact) mass is 378 g/mol. The highest BCUT2D eigenvalue weighted by molar-refractivity contribution is 6.01. The molecule has 5 nitrogen and oxygen atoms in total. The van der Waals surface area contributed by atoms with Gasteiger partial charge in [0.15, 0.2) is 0 Å². The molecule has 146 valence electrons. The summed E-state index contributed by atoms with van der Waals surface area (Å²) in [4.78, 5) is 26.4. The lowest BCUT2D eigenvalue weighted by Crippen LogP contribution is -2.29. The molecule has 0 bridgehead atoms. The summed E-state index contributed by atoms with van der Waals surface area (Å²) in [7, 11) is 1.71. The fraction of sp³-hybridized carbons (Fsp3) is 0.348. The molecule has 0 spiro atoms. The van der Waals surface area contributed by atoms with Crippen molar-refractivity contribution in [2.75, 3.05) is 13.6 Å². The molecule has 0 heterocycles. The van der Waals surface area contributed by atoms with E-state index in [9.17, 15) is 14.9 Å². The molecule has 28 heavy (non-hydrogen) atoms. The number of esters is 1. The van der Waals surface area contributed by atoms with E-state index in [1.54, 1.807) is 36.2 Å². The number of hydrogen-bond acceptors (Lipinski definition) is 4. The van der Waals surface area contributed by atoms with E-state index < -0.39 is 5.60 Å². The smallest absolute Gasteiger partial charge is 0.306 e. The molecule has 5 heteroatoms. The first-order valence-electron chi connectivity index (χ1n) is 9.29. The summed E-state index contributed by atoms with van der Waals surface area (Å²) >= 11 is 0. The first kappa shape index (κ1) is 21.2. The van der Waals surface area contributed by atoms with Crippen molar-refractivity contribution >= 4 is 11.9 Å². The normalized spacial score (nSPS) is 10.8. The van der Waals surface area contributed by atoms with Gasteiger partial charge in [0.05, 0.1) is 11.6 Å². The molecule has 0 N–H and O–H groups in total. The second-order valence-electron chi connectivity index (χ2n) is 7.62. The van der Waals surface area contributed by atoms with Crippen LogP contribution in [0.3, 0.4) is 0 Å². The number of nitriles is 1. The van der Waals surface area contributed by atoms with E-state index in [-0.39, 0.29) is 18.3 Å². The zero-order valence-corrected chi connectivity index (χ0v) is 16.9. The van der Waals surface area contributed by atoms with Gasteiger partial charge in [0.25, 0.3) is 5.91 Å². The van der Waals surface area contributed by atoms with Gasteiger partial charge in [0, 0.05) is 31.1 Å². The van der Waals surface area contributed by atoms with Crippen LogP contribution in [0.25, 0.3) is 11.1 Å². The largest absolute Gasteiger partial charge is 0.460 e. The molecule has 0 saturated heterocycles. The zero-order valence-electron chi connectivity index (χ0n) is 16.9. The number of ether oxygens (including phenoxy) is 1. The number of hydrogen-bond donors (Lipinski definition) is 0. The number of carbonyl (C=O) groups is 2. The maximum atomic E-state index is 13.0. The second-order valence-corrected chi connectivity index (χ2v) is 7.62. The summed E-state index contributed by atoms with van der Waals surface area (Å²) in [6, 6.07) is 16.7. The highest BCUT2D eigenvalue weighted by Gasteiger charge is 2.19. The topological polar surface area (TPSA) is 70.4 Å². The van der Waals surface area contributed by atoms with Gasteiger partial charge >= 0.3 is 5.97 Å². The van der Waals surface area contributed by atoms with Crippen molar-refractivity contribution in [1.29, 1.82) is 5.26 Å². The Bertz CT molecular complexity index is 891. The van der Waals surface area contributed by atoms with E-state index in [4.69, 9.17) is 4.74 Å². The van der Waals surface area contributed by atoms with Crippen molar-refractivity contribution in [2.45, 2.75) is 39.2 Å². The van der Waals surface area contributed by atoms with Crippen molar-refractivity contribution in [3.05, 3.63) is 59.7 Å². The number of nitrogens with zero attached hydrogens (tertiary/aromatic N) is 2. The third-order valence-corrected chi connectivity index (χ3v) is 4.14. The molecule has 0 radical (unpaired) electrons. The van der Waals surface area contributed by atoms with Crippen molar-refractivity contribution in [1.82, 2.24) is 4.90 Å². The summed E-state index contributed by atoms with van der Waals surface area (Å²) in [6.45, 7) is 5.93. The molecule has 2 aromatic carbocycles. The van der Waals surface area contributed by atoms with Gasteiger partial charge in [-0.25, -0.2) is 0 Å². The van der Waals surface area contributed by atoms with Crippen molar-refractivity contribution in [2.24, 2.45) is 0 Å². The van der Waals surface area contributed by atoms with Gasteiger partial charge in [0.2, 0.25) is 0 Å². The number of amides is 1. The van der Waals surface area contributed by atoms with Crippen LogP contribution in [-0.4, -0.2) is 36.0 Å². The fourth-order valence-electron chi connectivity index (χ4n) is 2.88. The summed E-state index contributed by atoms with van der Waals surface area (Å²) in [5.74, 6) is -0.413. The SMILES string of the molecule is CN(CCCC(=O)OC(C)(C)C)C(=O)c1ccccc1-c1ccccc1C#N. The minimum absolute atomic E-state index is 0.146. The van der Waals surface area contributed by atoms with Crippen LogP contribution in [0.4, 0.5) is 0 Å². The van der Waals surface area contributed by atoms with E-state index in [1.807, 2.05) is 45.0 Å². The average molecular weight is 378 g/mol. The molecule has 0 aromatic heterocycles. The van der Waals surface area contributed by atoms with Crippen LogP contribution in [-0.2, 0) is 9.53 Å². The Kier molecular flexibility index (Phi) is 6.94. The Balaban J connectivity index is 2.11. The first-order valence-corrected chi connectivity index (χ1v) is 9.29. The van der Waals surface area contributed by atoms with Crippen molar-refractivity contribution in [3.8, 4) is 17.2 Å². The third-order valence-electron chi connectivity index (χ3n) is 4.14. The van der Waals surface area contributed by atoms with Gasteiger partial charge in [0.1, 0.15) is 5.60 Å². The van der Waals surface area contributed by atoms with Crippen LogP contribution in [0.2, 0.25) is 0 Å². The maximum Gasteiger partial charge on any atom is 0.306 e. The molecular formula is C23H26N2O3. The fourth-order valence-corrected chi connectivity index (χ4v) is 2.88. The zero-order chi connectivity index (χ0) is 20.7. The van der Waals surface area contributed by atoms with Crippen LogP contribution in [0.1, 0.15) is 49.5 Å². The number of rotatable bonds is 6. The minimum Gasteiger partial charge on any atom is -0.460 e. The van der Waals surface area contributed by atoms with Gasteiger partial charge in [-0.3, -0.25) is 9.59 Å². The summed E-state index contributed by atoms with van der Waals surface area (Å²) in [5, 5.41) is 9.38. The molecule has 0 unspecified atom stereocenters. The molecule has 0 fully saturated rings. The third kappa shape index (κ3) is 5.68. The lowest BCUT2D eigenvalue weighted by molar-refractivity contribution is -0.154. The Morgan fingerprint density at radius 1 is 1.04 bits per heavy atom. The molecule has 2 aromatic rings. The van der Waals surface area contributed by atoms with Crippen LogP contribution in [0.5, 0.6) is 0 Å². The van der Waals surface area contributed by atoms with E-state index in [1.165, 1.54) is 0 Å². The van der Waals surface area contributed by atoms with Crippen LogP contribution >= 0.6 is 0 Å². The molecular weight excluding hydrogens is 352 g/mol. The Morgan fingerprint density at radius 2 is 1.64 bits per heavy atom. The number of carbonyl (C=O) groups excluding carboxylic acids is 2. The second kappa shape index (κ2) is 9.18. The minimum atomic E-state index is -0.508. The summed E-state index contributed by atoms with van der Waals surface area (Å²) in [6.07, 6.45) is 0.780. The van der Waals surface area contributed by atoms with Crippen molar-refractivity contribution in [3.63, 3.8) is 0 Å². The molecule has 0 saturated carbocycles. The van der Waals surface area contributed by atoms with Gasteiger partial charge < -0.3 is 9.64 Å². The summed E-state index contributed by atoms with van der Waals surface area (Å²) < 4.78 is 5.29. The molecule has 0 atom stereocenters. The standard InChI is InChI=1S/C23H26N2O3/c1-23(2,3)28-21(26)14-9-15-25(4)22(27)20-13-8-7-12-19(20)18-11-6-5-10-17(18)16-24/h5-8,10-13H,9,14-15H2,1-4H3. The number of benzene rings is 2. The predicted molar refractivity (Wildman–Crippen MR) is 109 cm³/mol. The van der Waals surface area contributed by atoms with E-state index in [0.717, 1.165) is 11.1 Å². The Labute approximate surface area is 166 Å². The molecule has 0 aliphatic carbocycles. The Morgan fingerprint density at radius 3 is 2.29 bits per heavy atom. The van der Waals surface area contributed by atoms with Crippen LogP contribution in [0.15, 0.2) is 48.5 Å².